The Morgan fingerprint density at radius 2 is 1.71 bits per heavy atom. The Balaban J connectivity index is 2.38. The van der Waals surface area contributed by atoms with Gasteiger partial charge in [0.05, 0.1) is 7.11 Å². The van der Waals surface area contributed by atoms with Crippen molar-refractivity contribution >= 4 is 10.8 Å². The monoisotopic (exact) mass is 229 g/mol. The lowest BCUT2D eigenvalue weighted by Gasteiger charge is -2.18. The quantitative estimate of drug-likeness (QED) is 0.877. The van der Waals surface area contributed by atoms with E-state index in [1.807, 2.05) is 26.0 Å². The van der Waals surface area contributed by atoms with E-state index < -0.39 is 0 Å². The van der Waals surface area contributed by atoms with Crippen molar-refractivity contribution in [1.29, 1.82) is 0 Å². The second-order valence-corrected chi connectivity index (χ2v) is 5.21. The Morgan fingerprint density at radius 3 is 2.35 bits per heavy atom. The molecule has 2 aromatic rings. The molecule has 2 rings (SSSR count). The van der Waals surface area contributed by atoms with Gasteiger partial charge in [-0.2, -0.15) is 0 Å². The lowest BCUT2D eigenvalue weighted by Crippen LogP contribution is -2.34. The smallest absolute Gasteiger partial charge is 0.119 e. The van der Waals surface area contributed by atoms with E-state index in [0.29, 0.717) is 0 Å². The van der Waals surface area contributed by atoms with Crippen molar-refractivity contribution in [3.8, 4) is 5.75 Å². The van der Waals surface area contributed by atoms with Gasteiger partial charge in [0.25, 0.3) is 0 Å². The second-order valence-electron chi connectivity index (χ2n) is 5.21. The molecule has 0 saturated heterocycles. The van der Waals surface area contributed by atoms with Gasteiger partial charge in [-0.3, -0.25) is 0 Å². The average molecular weight is 229 g/mol. The van der Waals surface area contributed by atoms with Crippen LogP contribution in [-0.4, -0.2) is 12.6 Å². The van der Waals surface area contributed by atoms with Crippen LogP contribution in [0, 0.1) is 0 Å². The van der Waals surface area contributed by atoms with Gasteiger partial charge in [0.2, 0.25) is 0 Å². The van der Waals surface area contributed by atoms with Crippen LogP contribution in [0.5, 0.6) is 5.75 Å². The third-order valence-corrected chi connectivity index (χ3v) is 2.77. The molecule has 2 N–H and O–H groups in total. The lowest BCUT2D eigenvalue weighted by atomic mass is 9.94. The van der Waals surface area contributed by atoms with Crippen LogP contribution in [0.25, 0.3) is 10.8 Å². The number of benzene rings is 2. The summed E-state index contributed by atoms with van der Waals surface area (Å²) in [6, 6.07) is 12.6. The second kappa shape index (κ2) is 4.38. The summed E-state index contributed by atoms with van der Waals surface area (Å²) in [7, 11) is 1.69. The number of nitrogens with two attached hydrogens (primary N) is 1. The highest BCUT2D eigenvalue weighted by atomic mass is 16.5. The predicted molar refractivity (Wildman–Crippen MR) is 72.5 cm³/mol. The Bertz CT molecular complexity index is 526. The Labute approximate surface area is 102 Å². The molecule has 0 spiro atoms. The summed E-state index contributed by atoms with van der Waals surface area (Å²) in [4.78, 5) is 0. The summed E-state index contributed by atoms with van der Waals surface area (Å²) in [5, 5.41) is 2.43. The van der Waals surface area contributed by atoms with Gasteiger partial charge in [0.15, 0.2) is 0 Å². The molecule has 17 heavy (non-hydrogen) atoms. The number of methoxy groups -OCH3 is 1. The molecule has 2 nitrogen and oxygen atoms in total. The van der Waals surface area contributed by atoms with Crippen LogP contribution in [0.1, 0.15) is 19.4 Å². The molecule has 0 heterocycles. The highest BCUT2D eigenvalue weighted by molar-refractivity contribution is 5.84. The van der Waals surface area contributed by atoms with Crippen LogP contribution >= 0.6 is 0 Å². The van der Waals surface area contributed by atoms with Crippen LogP contribution < -0.4 is 10.5 Å². The standard InChI is InChI=1S/C15H19NO/c1-15(2,16)10-11-4-5-13-9-14(17-3)7-6-12(13)8-11/h4-9H,10,16H2,1-3H3. The molecule has 0 aromatic heterocycles. The fraction of sp³-hybridized carbons (Fsp3) is 0.333. The van der Waals surface area contributed by atoms with Gasteiger partial charge in [0, 0.05) is 5.54 Å². The van der Waals surface area contributed by atoms with Gasteiger partial charge in [-0.05, 0) is 48.7 Å². The fourth-order valence-electron chi connectivity index (χ4n) is 2.04. The molecule has 0 aliphatic carbocycles. The largest absolute Gasteiger partial charge is 0.497 e. The molecule has 0 aliphatic rings. The first-order chi connectivity index (χ1) is 7.98. The van der Waals surface area contributed by atoms with E-state index >= 15 is 0 Å². The molecule has 0 aliphatic heterocycles. The van der Waals surface area contributed by atoms with Crippen molar-refractivity contribution in [2.45, 2.75) is 25.8 Å². The molecule has 0 unspecified atom stereocenters. The Morgan fingerprint density at radius 1 is 1.06 bits per heavy atom. The normalized spacial score (nSPS) is 11.8. The summed E-state index contributed by atoms with van der Waals surface area (Å²) in [6.45, 7) is 4.09. The lowest BCUT2D eigenvalue weighted by molar-refractivity contribution is 0.415. The maximum atomic E-state index is 6.04. The van der Waals surface area contributed by atoms with Crippen LogP contribution in [-0.2, 0) is 6.42 Å². The van der Waals surface area contributed by atoms with E-state index in [4.69, 9.17) is 10.5 Å². The topological polar surface area (TPSA) is 35.2 Å². The van der Waals surface area contributed by atoms with Crippen LogP contribution in [0.4, 0.5) is 0 Å². The number of hydrogen-bond donors (Lipinski definition) is 1. The van der Waals surface area contributed by atoms with E-state index in [9.17, 15) is 0 Å². The van der Waals surface area contributed by atoms with E-state index in [1.54, 1.807) is 7.11 Å². The van der Waals surface area contributed by atoms with Gasteiger partial charge >= 0.3 is 0 Å². The molecular weight excluding hydrogens is 210 g/mol. The highest BCUT2D eigenvalue weighted by Crippen LogP contribution is 2.23. The zero-order valence-electron chi connectivity index (χ0n) is 10.7. The summed E-state index contributed by atoms with van der Waals surface area (Å²) in [5.74, 6) is 0.893. The van der Waals surface area contributed by atoms with Crippen molar-refractivity contribution in [1.82, 2.24) is 0 Å². The Hall–Kier alpha value is -1.54. The summed E-state index contributed by atoms with van der Waals surface area (Å²) in [5.41, 5.74) is 7.14. The molecule has 0 fully saturated rings. The third-order valence-electron chi connectivity index (χ3n) is 2.77. The minimum Gasteiger partial charge on any atom is -0.497 e. The highest BCUT2D eigenvalue weighted by Gasteiger charge is 2.11. The van der Waals surface area contributed by atoms with Crippen molar-refractivity contribution in [3.63, 3.8) is 0 Å². The first-order valence-electron chi connectivity index (χ1n) is 5.83. The fourth-order valence-corrected chi connectivity index (χ4v) is 2.04. The minimum absolute atomic E-state index is 0.167. The Kier molecular flexibility index (Phi) is 3.07. The van der Waals surface area contributed by atoms with E-state index in [-0.39, 0.29) is 5.54 Å². The van der Waals surface area contributed by atoms with Crippen molar-refractivity contribution in [2.75, 3.05) is 7.11 Å². The third kappa shape index (κ3) is 2.98. The van der Waals surface area contributed by atoms with E-state index in [1.165, 1.54) is 16.3 Å². The zero-order chi connectivity index (χ0) is 12.5. The summed E-state index contributed by atoms with van der Waals surface area (Å²) >= 11 is 0. The first kappa shape index (κ1) is 11.9. The number of ether oxygens (including phenoxy) is 1. The van der Waals surface area contributed by atoms with Gasteiger partial charge in [-0.25, -0.2) is 0 Å². The van der Waals surface area contributed by atoms with Gasteiger partial charge in [-0.1, -0.05) is 24.3 Å². The van der Waals surface area contributed by atoms with Crippen molar-refractivity contribution in [3.05, 3.63) is 42.0 Å². The van der Waals surface area contributed by atoms with Crippen LogP contribution in [0.15, 0.2) is 36.4 Å². The maximum absolute atomic E-state index is 6.04. The average Bonchev–Trinajstić information content (AvgIpc) is 2.26. The minimum atomic E-state index is -0.167. The maximum Gasteiger partial charge on any atom is 0.119 e. The molecule has 0 atom stereocenters. The van der Waals surface area contributed by atoms with Crippen molar-refractivity contribution < 1.29 is 4.74 Å². The van der Waals surface area contributed by atoms with E-state index in [0.717, 1.165) is 12.2 Å². The molecule has 90 valence electrons. The molecule has 0 saturated carbocycles. The molecule has 2 heteroatoms. The van der Waals surface area contributed by atoms with Gasteiger partial charge in [-0.15, -0.1) is 0 Å². The molecule has 0 amide bonds. The zero-order valence-corrected chi connectivity index (χ0v) is 10.7. The first-order valence-corrected chi connectivity index (χ1v) is 5.83. The molecule has 2 aromatic carbocycles. The molecule has 0 radical (unpaired) electrons. The van der Waals surface area contributed by atoms with Gasteiger partial charge < -0.3 is 10.5 Å². The van der Waals surface area contributed by atoms with Crippen LogP contribution in [0.3, 0.4) is 0 Å². The summed E-state index contributed by atoms with van der Waals surface area (Å²) < 4.78 is 5.21. The van der Waals surface area contributed by atoms with Gasteiger partial charge in [0.1, 0.15) is 5.75 Å². The van der Waals surface area contributed by atoms with E-state index in [2.05, 4.69) is 24.3 Å². The number of fused-ring (bicyclic) bond motifs is 1. The molecule has 0 bridgehead atoms. The number of rotatable bonds is 3. The van der Waals surface area contributed by atoms with Crippen molar-refractivity contribution in [2.24, 2.45) is 5.73 Å². The summed E-state index contributed by atoms with van der Waals surface area (Å²) in [6.07, 6.45) is 0.884. The predicted octanol–water partition coefficient (Wildman–Crippen LogP) is 3.13. The molecular formula is C15H19NO. The SMILES string of the molecule is COc1ccc2cc(CC(C)(C)N)ccc2c1. The number of hydrogen-bond acceptors (Lipinski definition) is 2. The van der Waals surface area contributed by atoms with Crippen LogP contribution in [0.2, 0.25) is 0 Å².